The fourth-order valence-electron chi connectivity index (χ4n) is 1.12. The third kappa shape index (κ3) is 4.64. The molecule has 0 atom stereocenters. The number of nitrogens with one attached hydrogen (secondary N) is 2. The second-order valence-electron chi connectivity index (χ2n) is 3.39. The van der Waals surface area contributed by atoms with Gasteiger partial charge in [-0.1, -0.05) is 0 Å². The van der Waals surface area contributed by atoms with Crippen LogP contribution in [0.1, 0.15) is 12.5 Å². The van der Waals surface area contributed by atoms with Gasteiger partial charge in [-0.15, -0.1) is 0 Å². The average Bonchev–Trinajstić information content (AvgIpc) is 2.36. The van der Waals surface area contributed by atoms with E-state index in [2.05, 4.69) is 47.7 Å². The Bertz CT molecular complexity index is 509. The molecule has 0 heterocycles. The second kappa shape index (κ2) is 7.25. The summed E-state index contributed by atoms with van der Waals surface area (Å²) in [5, 5.41) is 15.5. The summed E-state index contributed by atoms with van der Waals surface area (Å²) in [5.74, 6) is -1.51. The Morgan fingerprint density at radius 2 is 1.89 bits per heavy atom. The van der Waals surface area contributed by atoms with E-state index in [0.717, 1.165) is 0 Å². The molecular weight excluding hydrogens is 382 g/mol. The van der Waals surface area contributed by atoms with Gasteiger partial charge < -0.3 is 10.4 Å². The van der Waals surface area contributed by atoms with Crippen molar-refractivity contribution in [3.63, 3.8) is 0 Å². The highest BCUT2D eigenvalue weighted by molar-refractivity contribution is 9.11. The Kier molecular flexibility index (Phi) is 5.97. The van der Waals surface area contributed by atoms with Crippen LogP contribution in [0.4, 0.5) is 0 Å². The molecule has 0 saturated heterocycles. The van der Waals surface area contributed by atoms with Crippen LogP contribution in [0.25, 0.3) is 0 Å². The van der Waals surface area contributed by atoms with E-state index in [1.807, 2.05) is 0 Å². The Labute approximate surface area is 126 Å². The predicted octanol–water partition coefficient (Wildman–Crippen LogP) is 1.50. The molecule has 0 saturated carbocycles. The predicted molar refractivity (Wildman–Crippen MR) is 77.9 cm³/mol. The number of amides is 2. The lowest BCUT2D eigenvalue weighted by Crippen LogP contribution is -2.37. The molecule has 6 nitrogen and oxygen atoms in total. The first kappa shape index (κ1) is 15.6. The molecule has 0 aromatic heterocycles. The summed E-state index contributed by atoms with van der Waals surface area (Å²) >= 11 is 6.34. The van der Waals surface area contributed by atoms with Crippen LogP contribution < -0.4 is 10.7 Å². The molecule has 3 N–H and O–H groups in total. The van der Waals surface area contributed by atoms with Crippen LogP contribution in [-0.4, -0.2) is 29.7 Å². The van der Waals surface area contributed by atoms with Crippen LogP contribution in [0.2, 0.25) is 0 Å². The van der Waals surface area contributed by atoms with Crippen molar-refractivity contribution >= 4 is 49.9 Å². The Morgan fingerprint density at radius 1 is 1.32 bits per heavy atom. The first-order chi connectivity index (χ1) is 8.95. The van der Waals surface area contributed by atoms with Gasteiger partial charge in [-0.05, 0) is 56.5 Å². The Morgan fingerprint density at radius 3 is 2.42 bits per heavy atom. The number of benzene rings is 1. The molecule has 0 radical (unpaired) electrons. The number of hydrazone groups is 1. The smallest absolute Gasteiger partial charge is 0.329 e. The summed E-state index contributed by atoms with van der Waals surface area (Å²) in [6.07, 6.45) is 1.35. The largest absolute Gasteiger partial charge is 0.506 e. The zero-order valence-electron chi connectivity index (χ0n) is 9.91. The van der Waals surface area contributed by atoms with E-state index >= 15 is 0 Å². The van der Waals surface area contributed by atoms with E-state index in [4.69, 9.17) is 0 Å². The Balaban J connectivity index is 2.68. The van der Waals surface area contributed by atoms with Crippen LogP contribution >= 0.6 is 31.9 Å². The van der Waals surface area contributed by atoms with Gasteiger partial charge in [0.15, 0.2) is 0 Å². The molecule has 0 bridgehead atoms. The van der Waals surface area contributed by atoms with Gasteiger partial charge in [0.25, 0.3) is 0 Å². The molecule has 1 rings (SSSR count). The van der Waals surface area contributed by atoms with Crippen molar-refractivity contribution in [2.45, 2.75) is 6.92 Å². The van der Waals surface area contributed by atoms with Crippen LogP contribution in [-0.2, 0) is 9.59 Å². The Hall–Kier alpha value is -1.41. The van der Waals surface area contributed by atoms with E-state index in [-0.39, 0.29) is 5.75 Å². The van der Waals surface area contributed by atoms with Crippen molar-refractivity contribution in [3.05, 3.63) is 26.6 Å². The fraction of sp³-hybridized carbons (Fsp3) is 0.182. The van der Waals surface area contributed by atoms with E-state index in [1.165, 1.54) is 6.21 Å². The number of phenols is 1. The van der Waals surface area contributed by atoms with Gasteiger partial charge in [0.2, 0.25) is 0 Å². The maximum absolute atomic E-state index is 11.2. The third-order valence-electron chi connectivity index (χ3n) is 1.96. The van der Waals surface area contributed by atoms with Gasteiger partial charge in [0.1, 0.15) is 5.75 Å². The monoisotopic (exact) mass is 391 g/mol. The van der Waals surface area contributed by atoms with Gasteiger partial charge in [-0.25, -0.2) is 5.43 Å². The zero-order chi connectivity index (χ0) is 14.4. The molecule has 0 aliphatic carbocycles. The minimum absolute atomic E-state index is 0.0727. The van der Waals surface area contributed by atoms with Crippen LogP contribution in [0.15, 0.2) is 26.2 Å². The maximum atomic E-state index is 11.2. The molecule has 8 heteroatoms. The number of hydrogen-bond acceptors (Lipinski definition) is 4. The topological polar surface area (TPSA) is 90.8 Å². The van der Waals surface area contributed by atoms with Gasteiger partial charge in [0.05, 0.1) is 15.2 Å². The zero-order valence-corrected chi connectivity index (χ0v) is 13.1. The molecule has 0 aliphatic heterocycles. The first-order valence-corrected chi connectivity index (χ1v) is 6.83. The van der Waals surface area contributed by atoms with Crippen molar-refractivity contribution < 1.29 is 14.7 Å². The average molecular weight is 393 g/mol. The quantitative estimate of drug-likeness (QED) is 0.413. The molecule has 1 aromatic rings. The number of phenolic OH excluding ortho intramolecular Hbond substituents is 1. The molecule has 2 amide bonds. The summed E-state index contributed by atoms with van der Waals surface area (Å²) < 4.78 is 0.969. The number of carbonyl (C=O) groups excluding carboxylic acids is 2. The number of nitrogens with zero attached hydrogens (tertiary/aromatic N) is 1. The van der Waals surface area contributed by atoms with Gasteiger partial charge >= 0.3 is 11.8 Å². The van der Waals surface area contributed by atoms with Crippen LogP contribution in [0.5, 0.6) is 5.75 Å². The highest BCUT2D eigenvalue weighted by atomic mass is 79.9. The minimum Gasteiger partial charge on any atom is -0.506 e. The lowest BCUT2D eigenvalue weighted by molar-refractivity contribution is -0.139. The summed E-state index contributed by atoms with van der Waals surface area (Å²) in [6, 6.07) is 3.23. The highest BCUT2D eigenvalue weighted by Crippen LogP contribution is 2.32. The molecule has 0 unspecified atom stereocenters. The van der Waals surface area contributed by atoms with Crippen molar-refractivity contribution in [1.29, 1.82) is 0 Å². The summed E-state index contributed by atoms with van der Waals surface area (Å²) in [5.41, 5.74) is 2.73. The second-order valence-corrected chi connectivity index (χ2v) is 5.10. The van der Waals surface area contributed by atoms with Crippen molar-refractivity contribution in [3.8, 4) is 5.75 Å². The molecule has 0 aliphatic rings. The third-order valence-corrected chi connectivity index (χ3v) is 3.17. The van der Waals surface area contributed by atoms with Gasteiger partial charge in [-0.3, -0.25) is 9.59 Å². The van der Waals surface area contributed by atoms with E-state index in [0.29, 0.717) is 21.1 Å². The first-order valence-electron chi connectivity index (χ1n) is 5.25. The molecule has 102 valence electrons. The number of carbonyl (C=O) groups is 2. The lowest BCUT2D eigenvalue weighted by Gasteiger charge is -2.02. The normalized spacial score (nSPS) is 10.5. The van der Waals surface area contributed by atoms with Crippen molar-refractivity contribution in [2.75, 3.05) is 6.54 Å². The van der Waals surface area contributed by atoms with E-state index < -0.39 is 11.8 Å². The molecule has 19 heavy (non-hydrogen) atoms. The lowest BCUT2D eigenvalue weighted by atomic mass is 10.2. The molecule has 0 fully saturated rings. The number of hydrogen-bond donors (Lipinski definition) is 3. The summed E-state index contributed by atoms with van der Waals surface area (Å²) in [6.45, 7) is 2.08. The summed E-state index contributed by atoms with van der Waals surface area (Å²) in [7, 11) is 0. The number of aromatic hydroxyl groups is 1. The summed E-state index contributed by atoms with van der Waals surface area (Å²) in [4.78, 5) is 22.3. The molecule has 0 spiro atoms. The SMILES string of the molecule is CCNC(=O)C(=O)N/N=C/c1cc(Br)c(O)c(Br)c1. The van der Waals surface area contributed by atoms with Crippen LogP contribution in [0.3, 0.4) is 0 Å². The standard InChI is InChI=1S/C11H11Br2N3O3/c1-2-14-10(18)11(19)16-15-5-6-3-7(12)9(17)8(13)4-6/h3-5,17H,2H2,1H3,(H,14,18)(H,16,19)/b15-5+. The van der Waals surface area contributed by atoms with E-state index in [9.17, 15) is 14.7 Å². The number of likely N-dealkylation sites (N-methyl/N-ethyl adjacent to an activating group) is 1. The number of halogens is 2. The van der Waals surface area contributed by atoms with Crippen molar-refractivity contribution in [1.82, 2.24) is 10.7 Å². The highest BCUT2D eigenvalue weighted by Gasteiger charge is 2.10. The number of rotatable bonds is 3. The van der Waals surface area contributed by atoms with Crippen LogP contribution in [0, 0.1) is 0 Å². The van der Waals surface area contributed by atoms with Gasteiger partial charge in [0, 0.05) is 6.54 Å². The van der Waals surface area contributed by atoms with Gasteiger partial charge in [-0.2, -0.15) is 5.10 Å². The molecular formula is C11H11Br2N3O3. The van der Waals surface area contributed by atoms with Crippen molar-refractivity contribution in [2.24, 2.45) is 5.10 Å². The molecule has 1 aromatic carbocycles. The minimum atomic E-state index is -0.838. The maximum Gasteiger partial charge on any atom is 0.329 e. The van der Waals surface area contributed by atoms with E-state index in [1.54, 1.807) is 19.1 Å². The fourth-order valence-corrected chi connectivity index (χ4v) is 2.34.